The summed E-state index contributed by atoms with van der Waals surface area (Å²) in [7, 11) is 0. The van der Waals surface area contributed by atoms with Crippen molar-refractivity contribution in [3.63, 3.8) is 0 Å². The van der Waals surface area contributed by atoms with E-state index >= 15 is 0 Å². The lowest BCUT2D eigenvalue weighted by molar-refractivity contribution is 1.29. The fourth-order valence-electron chi connectivity index (χ4n) is 2.30. The van der Waals surface area contributed by atoms with Crippen LogP contribution in [0, 0.1) is 6.58 Å². The van der Waals surface area contributed by atoms with Gasteiger partial charge < -0.3 is 0 Å². The number of hydrogen-bond acceptors (Lipinski definition) is 0. The third kappa shape index (κ3) is 1.15. The van der Waals surface area contributed by atoms with Crippen molar-refractivity contribution < 1.29 is 0 Å². The van der Waals surface area contributed by atoms with Crippen LogP contribution in [0.2, 0.25) is 0 Å². The second kappa shape index (κ2) is 3.09. The van der Waals surface area contributed by atoms with E-state index in [1.807, 2.05) is 0 Å². The molecule has 0 heterocycles. The summed E-state index contributed by atoms with van der Waals surface area (Å²) >= 11 is 0. The molecule has 1 radical (unpaired) electrons. The molecular weight excluding hydrogens is 180 g/mol. The van der Waals surface area contributed by atoms with Crippen molar-refractivity contribution in [2.45, 2.75) is 6.42 Å². The first kappa shape index (κ1) is 8.49. The molecule has 0 aliphatic heterocycles. The van der Waals surface area contributed by atoms with Crippen LogP contribution in [0.1, 0.15) is 16.7 Å². The van der Waals surface area contributed by atoms with E-state index in [4.69, 9.17) is 6.58 Å². The second-order valence-corrected chi connectivity index (χ2v) is 3.86. The molecule has 0 heteroatoms. The lowest BCUT2D eigenvalue weighted by Crippen LogP contribution is -1.94. The minimum absolute atomic E-state index is 1.03. The van der Waals surface area contributed by atoms with Gasteiger partial charge in [0.15, 0.2) is 0 Å². The van der Waals surface area contributed by atoms with Crippen molar-refractivity contribution >= 4 is 22.9 Å². The molecular formula is C15H11. The van der Waals surface area contributed by atoms with Gasteiger partial charge in [0.05, 0.1) is 0 Å². The Kier molecular flexibility index (Phi) is 1.75. The highest BCUT2D eigenvalue weighted by Gasteiger charge is 2.09. The highest BCUT2D eigenvalue weighted by molar-refractivity contribution is 5.97. The van der Waals surface area contributed by atoms with Crippen LogP contribution in [0.25, 0.3) is 22.9 Å². The van der Waals surface area contributed by atoms with Gasteiger partial charge in [0.1, 0.15) is 0 Å². The Labute approximate surface area is 89.6 Å². The van der Waals surface area contributed by atoms with Gasteiger partial charge in [-0.1, -0.05) is 55.1 Å². The minimum Gasteiger partial charge on any atom is -0.0795 e. The lowest BCUT2D eigenvalue weighted by Gasteiger charge is -2.14. The van der Waals surface area contributed by atoms with E-state index in [-0.39, 0.29) is 0 Å². The quantitative estimate of drug-likeness (QED) is 0.642. The van der Waals surface area contributed by atoms with Gasteiger partial charge in [-0.15, -0.1) is 0 Å². The monoisotopic (exact) mass is 191 g/mol. The number of hydrogen-bond donors (Lipinski definition) is 0. The van der Waals surface area contributed by atoms with Crippen LogP contribution in [-0.2, 0) is 6.42 Å². The van der Waals surface area contributed by atoms with Crippen LogP contribution in [-0.4, -0.2) is 0 Å². The highest BCUT2D eigenvalue weighted by atomic mass is 14.1. The SMILES string of the molecule is [CH]=Cc1ccc2cccc3c2c1C=CC3. The van der Waals surface area contributed by atoms with Gasteiger partial charge in [-0.2, -0.15) is 0 Å². The molecule has 0 atom stereocenters. The Balaban J connectivity index is 2.53. The normalized spacial score (nSPS) is 13.1. The largest absolute Gasteiger partial charge is 0.0795 e. The number of benzene rings is 2. The zero-order chi connectivity index (χ0) is 10.3. The van der Waals surface area contributed by atoms with Gasteiger partial charge in [0.25, 0.3) is 0 Å². The summed E-state index contributed by atoms with van der Waals surface area (Å²) < 4.78 is 0. The van der Waals surface area contributed by atoms with Gasteiger partial charge in [0, 0.05) is 0 Å². The molecule has 15 heavy (non-hydrogen) atoms. The Morgan fingerprint density at radius 2 is 2.07 bits per heavy atom. The standard InChI is InChI=1S/C15H11/c1-2-11-9-10-13-6-3-5-12-7-4-8-14(11)15(12)13/h1-6,8-10H,7H2. The predicted molar refractivity (Wildman–Crippen MR) is 65.5 cm³/mol. The van der Waals surface area contributed by atoms with E-state index < -0.39 is 0 Å². The fourth-order valence-corrected chi connectivity index (χ4v) is 2.30. The maximum Gasteiger partial charge on any atom is -0.00703 e. The molecule has 0 fully saturated rings. The van der Waals surface area contributed by atoms with Crippen LogP contribution >= 0.6 is 0 Å². The van der Waals surface area contributed by atoms with Crippen LogP contribution in [0.15, 0.2) is 36.4 Å². The van der Waals surface area contributed by atoms with Crippen molar-refractivity contribution in [1.82, 2.24) is 0 Å². The molecule has 0 bridgehead atoms. The zero-order valence-electron chi connectivity index (χ0n) is 8.40. The summed E-state index contributed by atoms with van der Waals surface area (Å²) in [5.74, 6) is 0. The molecule has 2 aromatic carbocycles. The molecule has 1 aliphatic rings. The minimum atomic E-state index is 1.03. The van der Waals surface area contributed by atoms with Crippen molar-refractivity contribution in [2.24, 2.45) is 0 Å². The van der Waals surface area contributed by atoms with Gasteiger partial charge >= 0.3 is 0 Å². The molecule has 0 saturated carbocycles. The Morgan fingerprint density at radius 3 is 2.93 bits per heavy atom. The van der Waals surface area contributed by atoms with Crippen molar-refractivity contribution in [1.29, 1.82) is 0 Å². The van der Waals surface area contributed by atoms with E-state index in [0.717, 1.165) is 12.0 Å². The van der Waals surface area contributed by atoms with Crippen molar-refractivity contribution in [3.05, 3.63) is 59.7 Å². The summed E-state index contributed by atoms with van der Waals surface area (Å²) in [6.45, 7) is 5.63. The second-order valence-electron chi connectivity index (χ2n) is 3.86. The fraction of sp³-hybridized carbons (Fsp3) is 0.0667. The molecule has 0 nitrogen and oxygen atoms in total. The van der Waals surface area contributed by atoms with E-state index in [2.05, 4.69) is 42.5 Å². The summed E-state index contributed by atoms with van der Waals surface area (Å²) in [5.41, 5.74) is 3.77. The molecule has 0 N–H and O–H groups in total. The van der Waals surface area contributed by atoms with Gasteiger partial charge in [-0.25, -0.2) is 0 Å². The van der Waals surface area contributed by atoms with Crippen LogP contribution < -0.4 is 0 Å². The Morgan fingerprint density at radius 1 is 1.13 bits per heavy atom. The Hall–Kier alpha value is -1.82. The average Bonchev–Trinajstić information content (AvgIpc) is 2.30. The first-order chi connectivity index (χ1) is 7.40. The van der Waals surface area contributed by atoms with Gasteiger partial charge in [0.2, 0.25) is 0 Å². The first-order valence-electron chi connectivity index (χ1n) is 5.16. The molecule has 0 amide bonds. The molecule has 0 spiro atoms. The molecule has 3 rings (SSSR count). The van der Waals surface area contributed by atoms with E-state index in [9.17, 15) is 0 Å². The summed E-state index contributed by atoms with van der Waals surface area (Å²) in [6, 6.07) is 10.7. The Bertz CT molecular complexity index is 574. The third-order valence-electron chi connectivity index (χ3n) is 3.01. The first-order valence-corrected chi connectivity index (χ1v) is 5.16. The average molecular weight is 191 g/mol. The van der Waals surface area contributed by atoms with E-state index in [1.54, 1.807) is 6.08 Å². The third-order valence-corrected chi connectivity index (χ3v) is 3.01. The molecule has 0 aromatic heterocycles. The zero-order valence-corrected chi connectivity index (χ0v) is 8.40. The molecule has 71 valence electrons. The summed E-state index contributed by atoms with van der Waals surface area (Å²) in [6.07, 6.45) is 7.08. The molecule has 1 aliphatic carbocycles. The lowest BCUT2D eigenvalue weighted by atomic mass is 9.90. The molecule has 0 saturated heterocycles. The van der Waals surface area contributed by atoms with Crippen LogP contribution in [0.4, 0.5) is 0 Å². The summed E-state index contributed by atoms with van der Waals surface area (Å²) in [4.78, 5) is 0. The predicted octanol–water partition coefficient (Wildman–Crippen LogP) is 3.86. The maximum absolute atomic E-state index is 5.63. The smallest absolute Gasteiger partial charge is 0.00703 e. The van der Waals surface area contributed by atoms with Gasteiger partial charge in [-0.3, -0.25) is 0 Å². The van der Waals surface area contributed by atoms with Crippen LogP contribution in [0.3, 0.4) is 0 Å². The van der Waals surface area contributed by atoms with Crippen molar-refractivity contribution in [2.75, 3.05) is 0 Å². The maximum atomic E-state index is 5.63. The molecule has 0 unspecified atom stereocenters. The summed E-state index contributed by atoms with van der Waals surface area (Å²) in [5, 5.41) is 2.66. The number of allylic oxidation sites excluding steroid dienone is 1. The number of rotatable bonds is 1. The molecule has 2 aromatic rings. The topological polar surface area (TPSA) is 0 Å². The highest BCUT2D eigenvalue weighted by Crippen LogP contribution is 2.31. The van der Waals surface area contributed by atoms with Crippen molar-refractivity contribution in [3.8, 4) is 0 Å². The van der Waals surface area contributed by atoms with Crippen LogP contribution in [0.5, 0.6) is 0 Å². The van der Waals surface area contributed by atoms with Gasteiger partial charge in [-0.05, 0) is 33.9 Å². The van der Waals surface area contributed by atoms with E-state index in [0.29, 0.717) is 0 Å². The van der Waals surface area contributed by atoms with E-state index in [1.165, 1.54) is 21.9 Å².